The Bertz CT molecular complexity index is 1010. The zero-order chi connectivity index (χ0) is 23.8. The number of nitrogens with one attached hydrogen (secondary N) is 1. The van der Waals surface area contributed by atoms with E-state index in [1.165, 1.54) is 6.42 Å². The summed E-state index contributed by atoms with van der Waals surface area (Å²) in [6.45, 7) is 6.10. The van der Waals surface area contributed by atoms with E-state index in [0.29, 0.717) is 29.1 Å². The standard InChI is InChI=1S/C27H35NO5/c1-16-22(26(30)33-17-10-7-6-8-11-17)23(18-12-9-13-21(31-4)25(18)32-5)24-19(28-16)14-27(2,3)15-20(24)29/h9,12-13,17,23,28H,6-8,10-11,14-15H2,1-5H3. The number of ketones is 1. The average molecular weight is 454 g/mol. The number of rotatable bonds is 5. The first-order chi connectivity index (χ1) is 15.8. The Morgan fingerprint density at radius 3 is 2.45 bits per heavy atom. The predicted octanol–water partition coefficient (Wildman–Crippen LogP) is 5.18. The molecule has 3 aliphatic rings. The molecule has 0 aromatic heterocycles. The van der Waals surface area contributed by atoms with Gasteiger partial charge in [0.05, 0.1) is 25.7 Å². The largest absolute Gasteiger partial charge is 0.493 e. The number of Topliss-reactive ketones (excluding diaryl/α,β-unsaturated/α-hetero) is 1. The summed E-state index contributed by atoms with van der Waals surface area (Å²) in [6.07, 6.45) is 6.20. The van der Waals surface area contributed by atoms with E-state index in [1.54, 1.807) is 14.2 Å². The summed E-state index contributed by atoms with van der Waals surface area (Å²) in [7, 11) is 3.17. The smallest absolute Gasteiger partial charge is 0.337 e. The zero-order valence-corrected chi connectivity index (χ0v) is 20.4. The number of hydrogen-bond acceptors (Lipinski definition) is 6. The van der Waals surface area contributed by atoms with Crippen LogP contribution < -0.4 is 14.8 Å². The number of carbonyl (C=O) groups is 2. The molecule has 2 aliphatic carbocycles. The van der Waals surface area contributed by atoms with Gasteiger partial charge in [-0.3, -0.25) is 4.79 Å². The van der Waals surface area contributed by atoms with Crippen molar-refractivity contribution in [1.29, 1.82) is 0 Å². The number of hydrogen-bond donors (Lipinski definition) is 1. The normalized spacial score (nSPS) is 23.1. The van der Waals surface area contributed by atoms with Crippen molar-refractivity contribution in [1.82, 2.24) is 5.32 Å². The van der Waals surface area contributed by atoms with Crippen molar-refractivity contribution in [2.45, 2.75) is 77.7 Å². The van der Waals surface area contributed by atoms with Crippen molar-refractivity contribution >= 4 is 11.8 Å². The first kappa shape index (κ1) is 23.4. The summed E-state index contributed by atoms with van der Waals surface area (Å²) in [4.78, 5) is 27.1. The Hall–Kier alpha value is -2.76. The first-order valence-corrected chi connectivity index (χ1v) is 11.9. The van der Waals surface area contributed by atoms with Gasteiger partial charge in [-0.25, -0.2) is 4.79 Å². The molecule has 1 aromatic rings. The molecule has 1 atom stereocenters. The van der Waals surface area contributed by atoms with Crippen LogP contribution in [0, 0.1) is 5.41 Å². The maximum Gasteiger partial charge on any atom is 0.337 e. The molecule has 33 heavy (non-hydrogen) atoms. The van der Waals surface area contributed by atoms with E-state index in [0.717, 1.165) is 49.1 Å². The van der Waals surface area contributed by atoms with Gasteiger partial charge in [0, 0.05) is 29.0 Å². The molecule has 0 bridgehead atoms. The Kier molecular flexibility index (Phi) is 6.55. The van der Waals surface area contributed by atoms with Crippen LogP contribution in [0.3, 0.4) is 0 Å². The zero-order valence-electron chi connectivity index (χ0n) is 20.4. The molecule has 178 valence electrons. The molecule has 0 saturated heterocycles. The number of carbonyl (C=O) groups excluding carboxylic acids is 2. The fourth-order valence-corrected chi connectivity index (χ4v) is 5.55. The second-order valence-corrected chi connectivity index (χ2v) is 10.2. The molecule has 1 aliphatic heterocycles. The summed E-state index contributed by atoms with van der Waals surface area (Å²) >= 11 is 0. The minimum Gasteiger partial charge on any atom is -0.493 e. The SMILES string of the molecule is COc1cccc(C2C(C(=O)OC3CCCCC3)=C(C)NC3=C2C(=O)CC(C)(C)C3)c1OC. The van der Waals surface area contributed by atoms with Crippen LogP contribution >= 0.6 is 0 Å². The van der Waals surface area contributed by atoms with Gasteiger partial charge in [-0.05, 0) is 50.5 Å². The highest BCUT2D eigenvalue weighted by Gasteiger charge is 2.44. The lowest BCUT2D eigenvalue weighted by Crippen LogP contribution is -2.39. The number of methoxy groups -OCH3 is 2. The number of benzene rings is 1. The lowest BCUT2D eigenvalue weighted by atomic mass is 9.68. The van der Waals surface area contributed by atoms with E-state index in [1.807, 2.05) is 25.1 Å². The van der Waals surface area contributed by atoms with E-state index in [4.69, 9.17) is 14.2 Å². The van der Waals surface area contributed by atoms with Gasteiger partial charge in [0.2, 0.25) is 0 Å². The van der Waals surface area contributed by atoms with Crippen LogP contribution in [-0.4, -0.2) is 32.1 Å². The minimum absolute atomic E-state index is 0.0547. The molecule has 1 saturated carbocycles. The molecule has 1 N–H and O–H groups in total. The van der Waals surface area contributed by atoms with E-state index in [-0.39, 0.29) is 23.3 Å². The summed E-state index contributed by atoms with van der Waals surface area (Å²) < 4.78 is 17.3. The average Bonchev–Trinajstić information content (AvgIpc) is 2.77. The molecule has 1 fully saturated rings. The monoisotopic (exact) mass is 453 g/mol. The lowest BCUT2D eigenvalue weighted by Gasteiger charge is -2.40. The minimum atomic E-state index is -0.564. The van der Waals surface area contributed by atoms with E-state index in [2.05, 4.69) is 19.2 Å². The van der Waals surface area contributed by atoms with Gasteiger partial charge in [-0.1, -0.05) is 32.4 Å². The molecule has 1 unspecified atom stereocenters. The second-order valence-electron chi connectivity index (χ2n) is 10.2. The Balaban J connectivity index is 1.84. The van der Waals surface area contributed by atoms with Crippen LogP contribution in [0.25, 0.3) is 0 Å². The highest BCUT2D eigenvalue weighted by molar-refractivity contribution is 6.04. The Morgan fingerprint density at radius 2 is 1.79 bits per heavy atom. The Labute approximate surface area is 196 Å². The van der Waals surface area contributed by atoms with Crippen LogP contribution in [0.2, 0.25) is 0 Å². The van der Waals surface area contributed by atoms with Crippen LogP contribution in [0.5, 0.6) is 11.5 Å². The number of allylic oxidation sites excluding steroid dienone is 3. The van der Waals surface area contributed by atoms with Crippen molar-refractivity contribution in [3.63, 3.8) is 0 Å². The highest BCUT2D eigenvalue weighted by Crippen LogP contribution is 2.50. The fourth-order valence-electron chi connectivity index (χ4n) is 5.55. The predicted molar refractivity (Wildman–Crippen MR) is 126 cm³/mol. The lowest BCUT2D eigenvalue weighted by molar-refractivity contribution is -0.146. The molecule has 1 heterocycles. The molecular formula is C27H35NO5. The van der Waals surface area contributed by atoms with Gasteiger partial charge in [0.25, 0.3) is 0 Å². The van der Waals surface area contributed by atoms with Gasteiger partial charge >= 0.3 is 5.97 Å². The third-order valence-corrected chi connectivity index (χ3v) is 7.03. The third kappa shape index (κ3) is 4.53. The Morgan fingerprint density at radius 1 is 1.06 bits per heavy atom. The summed E-state index contributed by atoms with van der Waals surface area (Å²) in [5.74, 6) is 0.236. The molecular weight excluding hydrogens is 418 g/mol. The first-order valence-electron chi connectivity index (χ1n) is 11.9. The number of ether oxygens (including phenoxy) is 3. The van der Waals surface area contributed by atoms with Crippen molar-refractivity contribution in [3.05, 3.63) is 46.3 Å². The van der Waals surface area contributed by atoms with Crippen LogP contribution in [0.15, 0.2) is 40.7 Å². The molecule has 6 heteroatoms. The summed E-state index contributed by atoms with van der Waals surface area (Å²) in [6, 6.07) is 5.60. The van der Waals surface area contributed by atoms with Gasteiger partial charge in [0.15, 0.2) is 17.3 Å². The van der Waals surface area contributed by atoms with E-state index in [9.17, 15) is 9.59 Å². The molecule has 1 aromatic carbocycles. The van der Waals surface area contributed by atoms with E-state index < -0.39 is 5.92 Å². The fraction of sp³-hybridized carbons (Fsp3) is 0.556. The highest BCUT2D eigenvalue weighted by atomic mass is 16.5. The molecule has 6 nitrogen and oxygen atoms in total. The third-order valence-electron chi connectivity index (χ3n) is 7.03. The maximum absolute atomic E-state index is 13.6. The van der Waals surface area contributed by atoms with Crippen molar-refractivity contribution in [2.75, 3.05) is 14.2 Å². The van der Waals surface area contributed by atoms with Gasteiger partial charge in [-0.2, -0.15) is 0 Å². The quantitative estimate of drug-likeness (QED) is 0.619. The van der Waals surface area contributed by atoms with Crippen LogP contribution in [-0.2, 0) is 14.3 Å². The number of para-hydroxylation sites is 1. The van der Waals surface area contributed by atoms with Crippen LogP contribution in [0.1, 0.15) is 77.2 Å². The van der Waals surface area contributed by atoms with Crippen molar-refractivity contribution in [2.24, 2.45) is 5.41 Å². The van der Waals surface area contributed by atoms with Crippen LogP contribution in [0.4, 0.5) is 0 Å². The number of dihydropyridines is 1. The summed E-state index contributed by atoms with van der Waals surface area (Å²) in [5.41, 5.74) is 3.34. The summed E-state index contributed by atoms with van der Waals surface area (Å²) in [5, 5.41) is 3.40. The molecule has 0 spiro atoms. The van der Waals surface area contributed by atoms with Gasteiger partial charge in [-0.15, -0.1) is 0 Å². The molecule has 0 amide bonds. The van der Waals surface area contributed by atoms with Gasteiger partial charge in [0.1, 0.15) is 6.10 Å². The maximum atomic E-state index is 13.6. The van der Waals surface area contributed by atoms with Crippen molar-refractivity contribution < 1.29 is 23.8 Å². The van der Waals surface area contributed by atoms with Crippen molar-refractivity contribution in [3.8, 4) is 11.5 Å². The number of esters is 1. The second kappa shape index (κ2) is 9.24. The topological polar surface area (TPSA) is 73.9 Å². The van der Waals surface area contributed by atoms with E-state index >= 15 is 0 Å². The molecule has 0 radical (unpaired) electrons. The van der Waals surface area contributed by atoms with Gasteiger partial charge < -0.3 is 19.5 Å². The molecule has 4 rings (SSSR count).